The van der Waals surface area contributed by atoms with E-state index >= 15 is 0 Å². The molecular weight excluding hydrogens is 729 g/mol. The molecule has 60 heavy (non-hydrogen) atoms. The third-order valence-electron chi connectivity index (χ3n) is 12.0. The minimum Gasteiger partial charge on any atom is -0.208 e. The Kier molecular flexibility index (Phi) is 7.57. The molecule has 0 N–H and O–H groups in total. The highest BCUT2D eigenvalue weighted by molar-refractivity contribution is 6.37. The molecule has 0 amide bonds. The Morgan fingerprint density at radius 2 is 0.750 bits per heavy atom. The molecule has 12 aromatic rings. The number of hydrogen-bond donors (Lipinski definition) is 0. The number of nitrogens with zero attached hydrogens (tertiary/aromatic N) is 4. The van der Waals surface area contributed by atoms with Crippen LogP contribution in [-0.4, -0.2) is 15.0 Å². The summed E-state index contributed by atoms with van der Waals surface area (Å²) in [4.78, 5) is 14.9. The van der Waals surface area contributed by atoms with Crippen molar-refractivity contribution in [3.05, 3.63) is 200 Å². The van der Waals surface area contributed by atoms with Crippen LogP contribution in [0.25, 0.3) is 121 Å². The van der Waals surface area contributed by atoms with E-state index in [-0.39, 0.29) is 0 Å². The van der Waals surface area contributed by atoms with E-state index in [0.717, 1.165) is 38.9 Å². The Hall–Kier alpha value is -8.26. The van der Waals surface area contributed by atoms with Gasteiger partial charge in [-0.15, -0.1) is 0 Å². The standard InChI is InChI=1S/C56H32N4/c57-33-34-22-24-39(25-23-34)55-58-54(38-10-2-1-3-11-38)59-56(60-55)42-16-6-15-40(30-42)44-17-4-5-18-45(44)43-31-41-29-28-37-13-8-20-47-46-19-7-12-35-26-27-36-14-9-21-48(52(36)50(35)46)49(32-43)53(41)51(37)47/h1-32H. The van der Waals surface area contributed by atoms with Crippen LogP contribution < -0.4 is 0 Å². The van der Waals surface area contributed by atoms with Crippen molar-refractivity contribution in [2.24, 2.45) is 0 Å². The molecule has 0 radical (unpaired) electrons. The zero-order valence-electron chi connectivity index (χ0n) is 32.3. The van der Waals surface area contributed by atoms with Gasteiger partial charge in [-0.05, 0) is 129 Å². The van der Waals surface area contributed by atoms with Crippen LogP contribution in [-0.2, 0) is 0 Å². The largest absolute Gasteiger partial charge is 0.208 e. The zero-order valence-corrected chi connectivity index (χ0v) is 32.3. The second-order valence-corrected chi connectivity index (χ2v) is 15.5. The number of rotatable bonds is 5. The fourth-order valence-electron chi connectivity index (χ4n) is 9.30. The van der Waals surface area contributed by atoms with E-state index in [1.165, 1.54) is 64.6 Å². The summed E-state index contributed by atoms with van der Waals surface area (Å²) >= 11 is 0. The average Bonchev–Trinajstić information content (AvgIpc) is 3.32. The summed E-state index contributed by atoms with van der Waals surface area (Å²) < 4.78 is 0. The lowest BCUT2D eigenvalue weighted by Gasteiger charge is -2.18. The van der Waals surface area contributed by atoms with Gasteiger partial charge in [0.05, 0.1) is 11.6 Å². The van der Waals surface area contributed by atoms with E-state index in [2.05, 4.69) is 146 Å². The van der Waals surface area contributed by atoms with Crippen molar-refractivity contribution < 1.29 is 0 Å². The van der Waals surface area contributed by atoms with Crippen LogP contribution in [0.4, 0.5) is 0 Å². The maximum absolute atomic E-state index is 9.43. The molecule has 1 heterocycles. The number of aromatic nitrogens is 3. The lowest BCUT2D eigenvalue weighted by atomic mass is 9.85. The zero-order chi connectivity index (χ0) is 39.7. The van der Waals surface area contributed by atoms with Gasteiger partial charge < -0.3 is 0 Å². The number of hydrogen-bond acceptors (Lipinski definition) is 4. The molecule has 4 nitrogen and oxygen atoms in total. The van der Waals surface area contributed by atoms with Gasteiger partial charge in [0, 0.05) is 16.7 Å². The summed E-state index contributed by atoms with van der Waals surface area (Å²) in [5.41, 5.74) is 7.68. The monoisotopic (exact) mass is 760 g/mol. The van der Waals surface area contributed by atoms with E-state index in [0.29, 0.717) is 23.0 Å². The van der Waals surface area contributed by atoms with Crippen molar-refractivity contribution in [3.8, 4) is 62.5 Å². The van der Waals surface area contributed by atoms with E-state index in [4.69, 9.17) is 15.0 Å². The molecule has 0 unspecified atom stereocenters. The molecule has 0 fully saturated rings. The van der Waals surface area contributed by atoms with Gasteiger partial charge in [0.15, 0.2) is 17.5 Å². The molecule has 0 atom stereocenters. The van der Waals surface area contributed by atoms with Crippen LogP contribution in [0.5, 0.6) is 0 Å². The van der Waals surface area contributed by atoms with Gasteiger partial charge in [0.25, 0.3) is 0 Å². The highest BCUT2D eigenvalue weighted by Gasteiger charge is 2.18. The average molecular weight is 761 g/mol. The maximum atomic E-state index is 9.43. The Morgan fingerprint density at radius 3 is 1.35 bits per heavy atom. The van der Waals surface area contributed by atoms with Crippen molar-refractivity contribution in [1.29, 1.82) is 5.26 Å². The van der Waals surface area contributed by atoms with Crippen molar-refractivity contribution in [1.82, 2.24) is 15.0 Å². The number of fused-ring (bicyclic) bond motifs is 2. The van der Waals surface area contributed by atoms with Crippen LogP contribution in [0.15, 0.2) is 194 Å². The van der Waals surface area contributed by atoms with Gasteiger partial charge in [-0.1, -0.05) is 152 Å². The van der Waals surface area contributed by atoms with E-state index in [1.807, 2.05) is 42.5 Å². The second kappa shape index (κ2) is 13.4. The molecule has 276 valence electrons. The molecule has 4 heteroatoms. The SMILES string of the molecule is N#Cc1ccc(-c2nc(-c3ccccc3)nc(-c3cccc(-c4ccccc4-c4cc5ccc6cccc7c8cccc9ccc%10cccc(c(c4)c5c67)c%10c98)c3)n2)cc1. The summed E-state index contributed by atoms with van der Waals surface area (Å²) in [6.07, 6.45) is 0. The smallest absolute Gasteiger partial charge is 0.164 e. The predicted octanol–water partition coefficient (Wildman–Crippen LogP) is 14.4. The van der Waals surface area contributed by atoms with Crippen molar-refractivity contribution in [2.75, 3.05) is 0 Å². The molecular formula is C56H32N4. The van der Waals surface area contributed by atoms with Crippen molar-refractivity contribution in [3.63, 3.8) is 0 Å². The molecule has 0 saturated carbocycles. The molecule has 0 aliphatic rings. The van der Waals surface area contributed by atoms with Gasteiger partial charge in [-0.3, -0.25) is 0 Å². The number of benzene rings is 10. The fourth-order valence-corrected chi connectivity index (χ4v) is 9.30. The van der Waals surface area contributed by atoms with Crippen LogP contribution in [0.1, 0.15) is 5.56 Å². The molecule has 11 aromatic carbocycles. The van der Waals surface area contributed by atoms with Gasteiger partial charge in [0.1, 0.15) is 0 Å². The molecule has 0 aliphatic carbocycles. The highest BCUT2D eigenvalue weighted by Crippen LogP contribution is 2.45. The quantitative estimate of drug-likeness (QED) is 0.164. The topological polar surface area (TPSA) is 62.5 Å². The first-order valence-corrected chi connectivity index (χ1v) is 20.2. The molecule has 12 rings (SSSR count). The normalized spacial score (nSPS) is 11.7. The Morgan fingerprint density at radius 1 is 0.300 bits per heavy atom. The molecule has 0 spiro atoms. The minimum absolute atomic E-state index is 0.551. The Bertz CT molecular complexity index is 3710. The Balaban J connectivity index is 1.08. The van der Waals surface area contributed by atoms with Crippen LogP contribution >= 0.6 is 0 Å². The highest BCUT2D eigenvalue weighted by atomic mass is 15.0. The lowest BCUT2D eigenvalue weighted by molar-refractivity contribution is 1.07. The van der Waals surface area contributed by atoms with Crippen molar-refractivity contribution >= 4 is 64.6 Å². The van der Waals surface area contributed by atoms with E-state index in [9.17, 15) is 5.26 Å². The van der Waals surface area contributed by atoms with Crippen molar-refractivity contribution in [2.45, 2.75) is 0 Å². The third-order valence-corrected chi connectivity index (χ3v) is 12.0. The third kappa shape index (κ3) is 5.34. The minimum atomic E-state index is 0.551. The summed E-state index contributed by atoms with van der Waals surface area (Å²) in [6.45, 7) is 0. The first kappa shape index (κ1) is 33.8. The first-order chi connectivity index (χ1) is 29.7. The summed E-state index contributed by atoms with van der Waals surface area (Å²) in [7, 11) is 0. The van der Waals surface area contributed by atoms with Crippen LogP contribution in [0.3, 0.4) is 0 Å². The summed E-state index contributed by atoms with van der Waals surface area (Å²) in [5.74, 6) is 1.72. The lowest BCUT2D eigenvalue weighted by Crippen LogP contribution is -2.00. The second-order valence-electron chi connectivity index (χ2n) is 15.5. The molecule has 0 bridgehead atoms. The van der Waals surface area contributed by atoms with Gasteiger partial charge >= 0.3 is 0 Å². The predicted molar refractivity (Wildman–Crippen MR) is 248 cm³/mol. The maximum Gasteiger partial charge on any atom is 0.164 e. The van der Waals surface area contributed by atoms with E-state index in [1.54, 1.807) is 12.1 Å². The van der Waals surface area contributed by atoms with Gasteiger partial charge in [-0.2, -0.15) is 5.26 Å². The van der Waals surface area contributed by atoms with Gasteiger partial charge in [-0.25, -0.2) is 15.0 Å². The Labute approximate surface area is 345 Å². The molecule has 0 saturated heterocycles. The molecule has 0 aliphatic heterocycles. The van der Waals surface area contributed by atoms with Crippen LogP contribution in [0, 0.1) is 11.3 Å². The number of nitriles is 1. The first-order valence-electron chi connectivity index (χ1n) is 20.2. The summed E-state index contributed by atoms with van der Waals surface area (Å²) in [6, 6.07) is 70.9. The fraction of sp³-hybridized carbons (Fsp3) is 0. The van der Waals surface area contributed by atoms with Gasteiger partial charge in [0.2, 0.25) is 0 Å². The summed E-state index contributed by atoms with van der Waals surface area (Å²) in [5, 5.41) is 24.6. The van der Waals surface area contributed by atoms with Crippen LogP contribution in [0.2, 0.25) is 0 Å². The van der Waals surface area contributed by atoms with E-state index < -0.39 is 0 Å². The molecule has 1 aromatic heterocycles.